The van der Waals surface area contributed by atoms with Gasteiger partial charge >= 0.3 is 0 Å². The Labute approximate surface area is 222 Å². The van der Waals surface area contributed by atoms with Crippen LogP contribution in [0.15, 0.2) is 60.7 Å². The highest BCUT2D eigenvalue weighted by Gasteiger charge is 2.26. The van der Waals surface area contributed by atoms with Crippen LogP contribution >= 0.6 is 0 Å². The summed E-state index contributed by atoms with van der Waals surface area (Å²) in [5, 5.41) is 0. The maximum absolute atomic E-state index is 2.47. The van der Waals surface area contributed by atoms with Gasteiger partial charge in [-0.1, -0.05) is 113 Å². The van der Waals surface area contributed by atoms with Crippen molar-refractivity contribution in [1.29, 1.82) is 0 Å². The molecule has 0 saturated heterocycles. The van der Waals surface area contributed by atoms with Gasteiger partial charge in [-0.25, -0.2) is 0 Å². The van der Waals surface area contributed by atoms with Crippen molar-refractivity contribution in [3.8, 4) is 0 Å². The molecule has 0 fully saturated rings. The SMILES string of the molecule is Cc1ccc(N(c2cc(C(C)(C)C)cc(C(C)(C)C)c2)c2cc(C(C)(C)C)cc(C(C)(C)C)c2)cc1. The Hall–Kier alpha value is -2.54. The molecule has 0 aliphatic rings. The zero-order valence-corrected chi connectivity index (χ0v) is 25.2. The number of nitrogens with zero attached hydrogens (tertiary/aromatic N) is 1. The molecule has 1 heteroatoms. The second-order valence-electron chi connectivity index (χ2n) is 14.7. The molecule has 0 atom stereocenters. The number of benzene rings is 3. The van der Waals surface area contributed by atoms with E-state index in [9.17, 15) is 0 Å². The molecule has 3 rings (SSSR count). The maximum atomic E-state index is 2.47. The smallest absolute Gasteiger partial charge is 0.0467 e. The van der Waals surface area contributed by atoms with Crippen LogP contribution in [-0.2, 0) is 21.7 Å². The van der Waals surface area contributed by atoms with E-state index in [2.05, 4.69) is 156 Å². The fourth-order valence-electron chi connectivity index (χ4n) is 4.35. The van der Waals surface area contributed by atoms with E-state index < -0.39 is 0 Å². The number of rotatable bonds is 3. The standard InChI is InChI=1S/C35H49N/c1-24-14-16-29(17-15-24)36(30-20-25(32(2,3)4)18-26(21-30)33(5,6)7)31-22-27(34(8,9)10)19-28(23-31)35(11,12)13/h14-23H,1-13H3. The number of hydrogen-bond donors (Lipinski definition) is 0. The molecule has 1 nitrogen and oxygen atoms in total. The minimum Gasteiger partial charge on any atom is -0.310 e. The molecular formula is C35H49N. The summed E-state index contributed by atoms with van der Waals surface area (Å²) in [6, 6.07) is 23.4. The lowest BCUT2D eigenvalue weighted by atomic mass is 9.79. The summed E-state index contributed by atoms with van der Waals surface area (Å²) in [5.41, 5.74) is 10.6. The van der Waals surface area contributed by atoms with E-state index in [0.29, 0.717) is 0 Å². The number of aryl methyl sites for hydroxylation is 1. The molecule has 0 amide bonds. The van der Waals surface area contributed by atoms with E-state index in [1.54, 1.807) is 0 Å². The fraction of sp³-hybridized carbons (Fsp3) is 0.486. The van der Waals surface area contributed by atoms with Crippen LogP contribution in [0.4, 0.5) is 17.1 Å². The Kier molecular flexibility index (Phi) is 7.32. The topological polar surface area (TPSA) is 3.24 Å². The van der Waals surface area contributed by atoms with Gasteiger partial charge in [0.05, 0.1) is 0 Å². The molecule has 0 spiro atoms. The van der Waals surface area contributed by atoms with Gasteiger partial charge in [-0.15, -0.1) is 0 Å². The Morgan fingerprint density at radius 1 is 0.389 bits per heavy atom. The summed E-state index contributed by atoms with van der Waals surface area (Å²) in [7, 11) is 0. The maximum Gasteiger partial charge on any atom is 0.0467 e. The van der Waals surface area contributed by atoms with Crippen LogP contribution < -0.4 is 4.90 Å². The first kappa shape index (κ1) is 28.0. The van der Waals surface area contributed by atoms with E-state index in [1.807, 2.05) is 0 Å². The van der Waals surface area contributed by atoms with Crippen molar-refractivity contribution in [3.05, 3.63) is 88.5 Å². The van der Waals surface area contributed by atoms with E-state index in [-0.39, 0.29) is 21.7 Å². The number of anilines is 3. The summed E-state index contributed by atoms with van der Waals surface area (Å²) in [6.07, 6.45) is 0. The zero-order chi connectivity index (χ0) is 27.3. The molecule has 0 unspecified atom stereocenters. The van der Waals surface area contributed by atoms with Gasteiger partial charge < -0.3 is 4.90 Å². The minimum atomic E-state index is 0.0543. The van der Waals surface area contributed by atoms with Gasteiger partial charge in [0.15, 0.2) is 0 Å². The quantitative estimate of drug-likeness (QED) is 0.358. The van der Waals surface area contributed by atoms with Crippen LogP contribution in [0.1, 0.15) is 111 Å². The lowest BCUT2D eigenvalue weighted by Gasteiger charge is -2.33. The first-order valence-corrected chi connectivity index (χ1v) is 13.5. The normalized spacial score (nSPS) is 13.1. The van der Waals surface area contributed by atoms with Crippen LogP contribution in [0.25, 0.3) is 0 Å². The molecule has 36 heavy (non-hydrogen) atoms. The summed E-state index contributed by atoms with van der Waals surface area (Å²) >= 11 is 0. The molecule has 0 aromatic heterocycles. The lowest BCUT2D eigenvalue weighted by molar-refractivity contribution is 0.568. The zero-order valence-electron chi connectivity index (χ0n) is 25.2. The van der Waals surface area contributed by atoms with Gasteiger partial charge in [-0.05, 0) is 87.2 Å². The first-order chi connectivity index (χ1) is 16.3. The fourth-order valence-corrected chi connectivity index (χ4v) is 4.35. The van der Waals surface area contributed by atoms with Crippen molar-refractivity contribution < 1.29 is 0 Å². The van der Waals surface area contributed by atoms with Gasteiger partial charge in [0.1, 0.15) is 0 Å². The second-order valence-corrected chi connectivity index (χ2v) is 14.7. The average molecular weight is 484 g/mol. The molecule has 194 valence electrons. The Bertz CT molecular complexity index is 1060. The monoisotopic (exact) mass is 483 g/mol. The van der Waals surface area contributed by atoms with Crippen molar-refractivity contribution in [1.82, 2.24) is 0 Å². The van der Waals surface area contributed by atoms with Gasteiger partial charge in [-0.2, -0.15) is 0 Å². The van der Waals surface area contributed by atoms with Crippen LogP contribution in [0.5, 0.6) is 0 Å². The van der Waals surface area contributed by atoms with Crippen molar-refractivity contribution in [2.45, 2.75) is 112 Å². The van der Waals surface area contributed by atoms with Gasteiger partial charge in [0, 0.05) is 17.1 Å². The molecule has 0 radical (unpaired) electrons. The molecule has 3 aromatic rings. The van der Waals surface area contributed by atoms with E-state index in [4.69, 9.17) is 0 Å². The van der Waals surface area contributed by atoms with Gasteiger partial charge in [-0.3, -0.25) is 0 Å². The largest absolute Gasteiger partial charge is 0.310 e. The predicted molar refractivity (Wildman–Crippen MR) is 161 cm³/mol. The molecule has 0 aliphatic carbocycles. The van der Waals surface area contributed by atoms with E-state index >= 15 is 0 Å². The minimum absolute atomic E-state index is 0.0543. The molecule has 0 heterocycles. The molecule has 3 aromatic carbocycles. The van der Waals surface area contributed by atoms with Gasteiger partial charge in [0.2, 0.25) is 0 Å². The Balaban J connectivity index is 2.42. The molecule has 0 N–H and O–H groups in total. The second kappa shape index (κ2) is 9.40. The third kappa shape index (κ3) is 6.41. The highest BCUT2D eigenvalue weighted by molar-refractivity contribution is 5.78. The molecular weight excluding hydrogens is 434 g/mol. The summed E-state index contributed by atoms with van der Waals surface area (Å²) in [5.74, 6) is 0. The van der Waals surface area contributed by atoms with Crippen molar-refractivity contribution in [2.75, 3.05) is 4.90 Å². The summed E-state index contributed by atoms with van der Waals surface area (Å²) < 4.78 is 0. The number of hydrogen-bond acceptors (Lipinski definition) is 1. The third-order valence-electron chi connectivity index (χ3n) is 7.11. The summed E-state index contributed by atoms with van der Waals surface area (Å²) in [6.45, 7) is 29.9. The Morgan fingerprint density at radius 2 is 0.667 bits per heavy atom. The Morgan fingerprint density at radius 3 is 0.917 bits per heavy atom. The van der Waals surface area contributed by atoms with Crippen molar-refractivity contribution in [2.24, 2.45) is 0 Å². The van der Waals surface area contributed by atoms with Crippen molar-refractivity contribution >= 4 is 17.1 Å². The van der Waals surface area contributed by atoms with E-state index in [1.165, 1.54) is 44.9 Å². The lowest BCUT2D eigenvalue weighted by Crippen LogP contribution is -2.21. The van der Waals surface area contributed by atoms with Crippen LogP contribution in [0.3, 0.4) is 0 Å². The van der Waals surface area contributed by atoms with Crippen molar-refractivity contribution in [3.63, 3.8) is 0 Å². The van der Waals surface area contributed by atoms with Crippen LogP contribution in [0, 0.1) is 6.92 Å². The molecule has 0 aliphatic heterocycles. The highest BCUT2D eigenvalue weighted by Crippen LogP contribution is 2.42. The molecule has 0 bridgehead atoms. The summed E-state index contributed by atoms with van der Waals surface area (Å²) in [4.78, 5) is 2.47. The average Bonchev–Trinajstić information content (AvgIpc) is 2.72. The van der Waals surface area contributed by atoms with Crippen LogP contribution in [0.2, 0.25) is 0 Å². The first-order valence-electron chi connectivity index (χ1n) is 13.5. The van der Waals surface area contributed by atoms with E-state index in [0.717, 1.165) is 0 Å². The highest BCUT2D eigenvalue weighted by atomic mass is 15.1. The predicted octanol–water partition coefficient (Wildman–Crippen LogP) is 10.7. The van der Waals surface area contributed by atoms with Crippen LogP contribution in [-0.4, -0.2) is 0 Å². The van der Waals surface area contributed by atoms with Gasteiger partial charge in [0.25, 0.3) is 0 Å². The third-order valence-corrected chi connectivity index (χ3v) is 7.11. The molecule has 0 saturated carbocycles.